The van der Waals surface area contributed by atoms with Crippen molar-refractivity contribution in [2.45, 2.75) is 78.4 Å². The smallest absolute Gasteiger partial charge is 0.0598 e. The molecule has 2 heterocycles. The van der Waals surface area contributed by atoms with Gasteiger partial charge < -0.3 is 14.5 Å². The van der Waals surface area contributed by atoms with Crippen molar-refractivity contribution in [1.82, 2.24) is 0 Å². The van der Waals surface area contributed by atoms with E-state index in [0.717, 1.165) is 12.5 Å². The molecule has 146 valence electrons. The van der Waals surface area contributed by atoms with Gasteiger partial charge in [-0.15, -0.1) is 0 Å². The van der Waals surface area contributed by atoms with E-state index in [1.807, 2.05) is 0 Å². The summed E-state index contributed by atoms with van der Waals surface area (Å²) in [6.07, 6.45) is 6.30. The Labute approximate surface area is 160 Å². The highest BCUT2D eigenvalue weighted by atomic mass is 16.5. The monoisotopic (exact) mass is 358 g/mol. The zero-order valence-corrected chi connectivity index (χ0v) is 17.6. The van der Waals surface area contributed by atoms with Gasteiger partial charge in [-0.1, -0.05) is 6.07 Å². The molecule has 0 aromatic heterocycles. The van der Waals surface area contributed by atoms with Crippen molar-refractivity contribution in [3.63, 3.8) is 0 Å². The van der Waals surface area contributed by atoms with Crippen LogP contribution in [0.2, 0.25) is 0 Å². The van der Waals surface area contributed by atoms with Gasteiger partial charge in [-0.25, -0.2) is 0 Å². The van der Waals surface area contributed by atoms with E-state index < -0.39 is 0 Å². The molecule has 1 aromatic rings. The molecule has 0 spiro atoms. The number of hydrogen-bond donors (Lipinski definition) is 0. The Morgan fingerprint density at radius 3 is 2.50 bits per heavy atom. The fraction of sp³-hybridized carbons (Fsp3) is 0.739. The minimum absolute atomic E-state index is 0.00782. The second-order valence-electron chi connectivity index (χ2n) is 9.38. The zero-order chi connectivity index (χ0) is 18.7. The SMILES string of the molecule is CC(C)N1CCCc2ccc(N3CCC(CCOC(C)(C)C)CC3)cc21. The predicted molar refractivity (Wildman–Crippen MR) is 113 cm³/mol. The summed E-state index contributed by atoms with van der Waals surface area (Å²) in [5, 5.41) is 0. The molecule has 2 aliphatic heterocycles. The van der Waals surface area contributed by atoms with Gasteiger partial charge in [-0.2, -0.15) is 0 Å². The van der Waals surface area contributed by atoms with Crippen LogP contribution in [0.1, 0.15) is 65.9 Å². The number of rotatable bonds is 5. The van der Waals surface area contributed by atoms with Crippen molar-refractivity contribution >= 4 is 11.4 Å². The first kappa shape index (κ1) is 19.5. The quantitative estimate of drug-likeness (QED) is 0.713. The summed E-state index contributed by atoms with van der Waals surface area (Å²) < 4.78 is 5.92. The molecule has 2 aliphatic rings. The maximum absolute atomic E-state index is 5.92. The Balaban J connectivity index is 1.57. The summed E-state index contributed by atoms with van der Waals surface area (Å²) in [6, 6.07) is 7.77. The van der Waals surface area contributed by atoms with Crippen molar-refractivity contribution in [2.24, 2.45) is 5.92 Å². The Morgan fingerprint density at radius 2 is 1.85 bits per heavy atom. The number of nitrogens with zero attached hydrogens (tertiary/aromatic N) is 2. The third-order valence-corrected chi connectivity index (χ3v) is 5.89. The molecule has 3 rings (SSSR count). The largest absolute Gasteiger partial charge is 0.376 e. The van der Waals surface area contributed by atoms with E-state index in [9.17, 15) is 0 Å². The van der Waals surface area contributed by atoms with Gasteiger partial charge in [-0.3, -0.25) is 0 Å². The number of benzene rings is 1. The number of hydrogen-bond acceptors (Lipinski definition) is 3. The fourth-order valence-electron chi connectivity index (χ4n) is 4.34. The van der Waals surface area contributed by atoms with Crippen LogP contribution in [-0.4, -0.2) is 37.9 Å². The molecule has 1 saturated heterocycles. The molecule has 0 bridgehead atoms. The molecule has 0 N–H and O–H groups in total. The van der Waals surface area contributed by atoms with Gasteiger partial charge in [0.25, 0.3) is 0 Å². The summed E-state index contributed by atoms with van der Waals surface area (Å²) >= 11 is 0. The highest BCUT2D eigenvalue weighted by Crippen LogP contribution is 2.34. The second-order valence-corrected chi connectivity index (χ2v) is 9.38. The summed E-state index contributed by atoms with van der Waals surface area (Å²) in [6.45, 7) is 15.5. The molecule has 1 aromatic carbocycles. The Bertz CT molecular complexity index is 582. The third-order valence-electron chi connectivity index (χ3n) is 5.89. The summed E-state index contributed by atoms with van der Waals surface area (Å²) in [5.74, 6) is 0.818. The van der Waals surface area contributed by atoms with E-state index in [4.69, 9.17) is 4.74 Å². The standard InChI is InChI=1S/C23H38N2O/c1-18(2)25-13-6-7-20-8-9-21(17-22(20)25)24-14-10-19(11-15-24)12-16-26-23(3,4)5/h8-9,17-19H,6-7,10-16H2,1-5H3. The normalized spacial score (nSPS) is 19.2. The molecule has 0 amide bonds. The fourth-order valence-corrected chi connectivity index (χ4v) is 4.34. The molecule has 1 fully saturated rings. The van der Waals surface area contributed by atoms with E-state index in [1.54, 1.807) is 0 Å². The summed E-state index contributed by atoms with van der Waals surface area (Å²) in [5.41, 5.74) is 4.42. The minimum Gasteiger partial charge on any atom is -0.376 e. The van der Waals surface area contributed by atoms with E-state index in [-0.39, 0.29) is 5.60 Å². The first-order valence-electron chi connectivity index (χ1n) is 10.6. The van der Waals surface area contributed by atoms with Crippen LogP contribution in [0, 0.1) is 5.92 Å². The van der Waals surface area contributed by atoms with E-state index >= 15 is 0 Å². The highest BCUT2D eigenvalue weighted by Gasteiger charge is 2.23. The molecule has 3 heteroatoms. The van der Waals surface area contributed by atoms with Gasteiger partial charge in [0, 0.05) is 43.7 Å². The lowest BCUT2D eigenvalue weighted by Crippen LogP contribution is -2.37. The average Bonchev–Trinajstić information content (AvgIpc) is 2.60. The Hall–Kier alpha value is -1.22. The van der Waals surface area contributed by atoms with Crippen LogP contribution in [0.25, 0.3) is 0 Å². The lowest BCUT2D eigenvalue weighted by Gasteiger charge is -2.38. The van der Waals surface area contributed by atoms with E-state index in [2.05, 4.69) is 62.6 Å². The van der Waals surface area contributed by atoms with Crippen molar-refractivity contribution in [3.8, 4) is 0 Å². The van der Waals surface area contributed by atoms with Crippen LogP contribution in [-0.2, 0) is 11.2 Å². The lowest BCUT2D eigenvalue weighted by molar-refractivity contribution is -0.0103. The lowest BCUT2D eigenvalue weighted by atomic mass is 9.93. The first-order chi connectivity index (χ1) is 12.3. The number of aryl methyl sites for hydroxylation is 1. The Kier molecular flexibility index (Phi) is 6.17. The third kappa shape index (κ3) is 4.94. The second kappa shape index (κ2) is 8.21. The van der Waals surface area contributed by atoms with Gasteiger partial charge in [0.2, 0.25) is 0 Å². The molecule has 0 saturated carbocycles. The number of ether oxygens (including phenoxy) is 1. The first-order valence-corrected chi connectivity index (χ1v) is 10.6. The molecule has 0 atom stereocenters. The summed E-state index contributed by atoms with van der Waals surface area (Å²) in [7, 11) is 0. The molecule has 26 heavy (non-hydrogen) atoms. The minimum atomic E-state index is -0.00782. The number of anilines is 2. The van der Waals surface area contributed by atoms with Gasteiger partial charge in [0.15, 0.2) is 0 Å². The van der Waals surface area contributed by atoms with Crippen LogP contribution < -0.4 is 9.80 Å². The van der Waals surface area contributed by atoms with Gasteiger partial charge in [-0.05, 0) is 90.3 Å². The molecule has 0 radical (unpaired) electrons. The van der Waals surface area contributed by atoms with Crippen molar-refractivity contribution in [2.75, 3.05) is 36.0 Å². The Morgan fingerprint density at radius 1 is 1.12 bits per heavy atom. The molecular weight excluding hydrogens is 320 g/mol. The zero-order valence-electron chi connectivity index (χ0n) is 17.6. The summed E-state index contributed by atoms with van der Waals surface area (Å²) in [4.78, 5) is 5.17. The van der Waals surface area contributed by atoms with E-state index in [1.165, 1.54) is 68.7 Å². The van der Waals surface area contributed by atoms with Gasteiger partial charge in [0.1, 0.15) is 0 Å². The maximum atomic E-state index is 5.92. The van der Waals surface area contributed by atoms with Crippen molar-refractivity contribution in [3.05, 3.63) is 23.8 Å². The molecule has 3 nitrogen and oxygen atoms in total. The van der Waals surface area contributed by atoms with Gasteiger partial charge >= 0.3 is 0 Å². The molecular formula is C23H38N2O. The maximum Gasteiger partial charge on any atom is 0.0598 e. The average molecular weight is 359 g/mol. The topological polar surface area (TPSA) is 15.7 Å². The van der Waals surface area contributed by atoms with E-state index in [0.29, 0.717) is 6.04 Å². The predicted octanol–water partition coefficient (Wildman–Crippen LogP) is 5.27. The van der Waals surface area contributed by atoms with Crippen LogP contribution >= 0.6 is 0 Å². The van der Waals surface area contributed by atoms with Crippen LogP contribution in [0.3, 0.4) is 0 Å². The molecule has 0 unspecified atom stereocenters. The molecule has 0 aliphatic carbocycles. The number of piperidine rings is 1. The van der Waals surface area contributed by atoms with Crippen LogP contribution in [0.5, 0.6) is 0 Å². The van der Waals surface area contributed by atoms with Crippen LogP contribution in [0.4, 0.5) is 11.4 Å². The highest BCUT2D eigenvalue weighted by molar-refractivity contribution is 5.65. The van der Waals surface area contributed by atoms with Gasteiger partial charge in [0.05, 0.1) is 5.60 Å². The number of fused-ring (bicyclic) bond motifs is 1. The van der Waals surface area contributed by atoms with Crippen molar-refractivity contribution in [1.29, 1.82) is 0 Å². The van der Waals surface area contributed by atoms with Crippen LogP contribution in [0.15, 0.2) is 18.2 Å². The van der Waals surface area contributed by atoms with Crippen molar-refractivity contribution < 1.29 is 4.74 Å².